The molecule has 3 heterocycles. The average molecular weight is 555 g/mol. The minimum absolute atomic E-state index is 0.00565. The molecule has 40 heavy (non-hydrogen) atoms. The largest absolute Gasteiger partial charge is 0.438 e. The molecule has 11 heteroatoms. The first-order chi connectivity index (χ1) is 19.2. The van der Waals surface area contributed by atoms with E-state index in [9.17, 15) is 18.0 Å². The summed E-state index contributed by atoms with van der Waals surface area (Å²) in [6.07, 6.45) is -2.90. The van der Waals surface area contributed by atoms with Crippen LogP contribution in [0.4, 0.5) is 24.5 Å². The Morgan fingerprint density at radius 2 is 1.65 bits per heavy atom. The number of nitrogens with two attached hydrogens (primary N) is 1. The third-order valence-corrected chi connectivity index (χ3v) is 7.72. The zero-order chi connectivity index (χ0) is 28.3. The van der Waals surface area contributed by atoms with Crippen LogP contribution in [0.25, 0.3) is 0 Å². The molecule has 2 saturated heterocycles. The second kappa shape index (κ2) is 11.7. The normalized spacial score (nSPS) is 17.2. The van der Waals surface area contributed by atoms with Crippen LogP contribution in [0.3, 0.4) is 0 Å². The standard InChI is InChI=1S/C29H33F3N6O2/c1-2-36-15-17-37(18-16-36)25-8-5-22(19-24(25)33)28(39)38-13-11-21(12-14-38)20-3-6-23(7-4-20)40-27-10-9-26(34-35-27)29(30,31)32/h3-10,19,21H,2,11-18,33H2,1H3. The average Bonchev–Trinajstić information content (AvgIpc) is 2.97. The van der Waals surface area contributed by atoms with E-state index in [0.29, 0.717) is 30.1 Å². The number of ether oxygens (including phenoxy) is 1. The van der Waals surface area contributed by atoms with Crippen LogP contribution >= 0.6 is 0 Å². The van der Waals surface area contributed by atoms with E-state index in [0.717, 1.165) is 68.9 Å². The molecule has 0 bridgehead atoms. The van der Waals surface area contributed by atoms with E-state index in [1.165, 1.54) is 0 Å². The van der Waals surface area contributed by atoms with E-state index in [2.05, 4.69) is 26.9 Å². The number of likely N-dealkylation sites (N-methyl/N-ethyl adjacent to an activating group) is 1. The molecule has 0 aliphatic carbocycles. The summed E-state index contributed by atoms with van der Waals surface area (Å²) < 4.78 is 43.5. The second-order valence-electron chi connectivity index (χ2n) is 10.2. The Morgan fingerprint density at radius 1 is 0.950 bits per heavy atom. The molecular formula is C29H33F3N6O2. The summed E-state index contributed by atoms with van der Waals surface area (Å²) in [6.45, 7) is 8.38. The zero-order valence-corrected chi connectivity index (χ0v) is 22.4. The van der Waals surface area contributed by atoms with Gasteiger partial charge in [0.2, 0.25) is 5.88 Å². The molecule has 0 radical (unpaired) electrons. The van der Waals surface area contributed by atoms with Gasteiger partial charge in [-0.1, -0.05) is 19.1 Å². The number of carbonyl (C=O) groups excluding carboxylic acids is 1. The Bertz CT molecular complexity index is 1300. The number of rotatable bonds is 6. The first-order valence-corrected chi connectivity index (χ1v) is 13.6. The number of halogens is 3. The van der Waals surface area contributed by atoms with Gasteiger partial charge in [0.25, 0.3) is 5.91 Å². The molecule has 212 valence electrons. The van der Waals surface area contributed by atoms with Gasteiger partial charge in [-0.3, -0.25) is 4.79 Å². The van der Waals surface area contributed by atoms with E-state index < -0.39 is 11.9 Å². The predicted octanol–water partition coefficient (Wildman–Crippen LogP) is 5.03. The number of piperidine rings is 1. The molecule has 2 aliphatic heterocycles. The van der Waals surface area contributed by atoms with Crippen LogP contribution in [0.15, 0.2) is 54.6 Å². The SMILES string of the molecule is CCN1CCN(c2ccc(C(=O)N3CCC(c4ccc(Oc5ccc(C(F)(F)F)nn5)cc4)CC3)cc2N)CC1. The first-order valence-electron chi connectivity index (χ1n) is 13.6. The van der Waals surface area contributed by atoms with E-state index in [1.54, 1.807) is 18.2 Å². The lowest BCUT2D eigenvalue weighted by atomic mass is 9.89. The molecule has 3 aromatic rings. The molecule has 2 N–H and O–H groups in total. The summed E-state index contributed by atoms with van der Waals surface area (Å²) in [5, 5.41) is 6.67. The summed E-state index contributed by atoms with van der Waals surface area (Å²) in [5.41, 5.74) is 8.67. The number of aromatic nitrogens is 2. The number of anilines is 2. The number of amides is 1. The van der Waals surface area contributed by atoms with Crippen LogP contribution in [0, 0.1) is 0 Å². The lowest BCUT2D eigenvalue weighted by molar-refractivity contribution is -0.141. The van der Waals surface area contributed by atoms with Crippen molar-refractivity contribution in [3.05, 3.63) is 71.4 Å². The van der Waals surface area contributed by atoms with Crippen molar-refractivity contribution >= 4 is 17.3 Å². The minimum atomic E-state index is -4.55. The highest BCUT2D eigenvalue weighted by molar-refractivity contribution is 5.96. The van der Waals surface area contributed by atoms with Crippen molar-refractivity contribution in [3.63, 3.8) is 0 Å². The molecule has 0 saturated carbocycles. The maximum Gasteiger partial charge on any atom is 0.435 e. The molecule has 1 aromatic heterocycles. The third kappa shape index (κ3) is 6.30. The lowest BCUT2D eigenvalue weighted by Gasteiger charge is -2.36. The van der Waals surface area contributed by atoms with Crippen LogP contribution in [0.1, 0.15) is 47.3 Å². The van der Waals surface area contributed by atoms with Crippen LogP contribution in [-0.4, -0.2) is 71.7 Å². The zero-order valence-electron chi connectivity index (χ0n) is 22.4. The number of likely N-dealkylation sites (tertiary alicyclic amines) is 1. The molecule has 0 spiro atoms. The van der Waals surface area contributed by atoms with Gasteiger partial charge in [-0.05, 0) is 67.3 Å². The van der Waals surface area contributed by atoms with Crippen LogP contribution in [0.2, 0.25) is 0 Å². The summed E-state index contributed by atoms with van der Waals surface area (Å²) in [4.78, 5) is 19.8. The van der Waals surface area contributed by atoms with Gasteiger partial charge in [0.05, 0.1) is 11.4 Å². The molecule has 2 aliphatic rings. The molecule has 0 atom stereocenters. The quantitative estimate of drug-likeness (QED) is 0.428. The van der Waals surface area contributed by atoms with Gasteiger partial charge < -0.3 is 25.2 Å². The van der Waals surface area contributed by atoms with E-state index in [4.69, 9.17) is 10.5 Å². The van der Waals surface area contributed by atoms with Crippen molar-refractivity contribution in [2.45, 2.75) is 31.9 Å². The molecular weight excluding hydrogens is 521 g/mol. The lowest BCUT2D eigenvalue weighted by Crippen LogP contribution is -2.46. The Morgan fingerprint density at radius 3 is 2.23 bits per heavy atom. The smallest absolute Gasteiger partial charge is 0.435 e. The molecule has 0 unspecified atom stereocenters. The highest BCUT2D eigenvalue weighted by Crippen LogP contribution is 2.32. The topological polar surface area (TPSA) is 87.8 Å². The van der Waals surface area contributed by atoms with Gasteiger partial charge in [-0.25, -0.2) is 0 Å². The monoisotopic (exact) mass is 554 g/mol. The summed E-state index contributed by atoms with van der Waals surface area (Å²) in [6, 6.07) is 15.0. The number of carbonyl (C=O) groups is 1. The number of nitrogens with zero attached hydrogens (tertiary/aromatic N) is 5. The number of hydrogen-bond acceptors (Lipinski definition) is 7. The highest BCUT2D eigenvalue weighted by Gasteiger charge is 2.33. The van der Waals surface area contributed by atoms with Crippen molar-refractivity contribution in [2.24, 2.45) is 0 Å². The second-order valence-corrected chi connectivity index (χ2v) is 10.2. The molecule has 2 aromatic carbocycles. The third-order valence-electron chi connectivity index (χ3n) is 7.72. The van der Waals surface area contributed by atoms with Gasteiger partial charge in [-0.15, -0.1) is 10.2 Å². The van der Waals surface area contributed by atoms with Gasteiger partial charge in [0, 0.05) is 50.9 Å². The van der Waals surface area contributed by atoms with Gasteiger partial charge in [-0.2, -0.15) is 13.2 Å². The maximum absolute atomic E-state index is 13.2. The van der Waals surface area contributed by atoms with Crippen molar-refractivity contribution in [1.82, 2.24) is 20.0 Å². The van der Waals surface area contributed by atoms with Gasteiger partial charge >= 0.3 is 6.18 Å². The number of benzene rings is 2. The molecule has 2 fully saturated rings. The Kier molecular flexibility index (Phi) is 8.11. The fourth-order valence-electron chi connectivity index (χ4n) is 5.33. The van der Waals surface area contributed by atoms with E-state index >= 15 is 0 Å². The predicted molar refractivity (Wildman–Crippen MR) is 147 cm³/mol. The Labute approximate surface area is 231 Å². The van der Waals surface area contributed by atoms with Crippen LogP contribution < -0.4 is 15.4 Å². The van der Waals surface area contributed by atoms with Crippen LogP contribution in [0.5, 0.6) is 11.6 Å². The van der Waals surface area contributed by atoms with Crippen molar-refractivity contribution < 1.29 is 22.7 Å². The first kappa shape index (κ1) is 27.7. The van der Waals surface area contributed by atoms with Crippen LogP contribution in [-0.2, 0) is 6.18 Å². The number of hydrogen-bond donors (Lipinski definition) is 1. The summed E-state index contributed by atoms with van der Waals surface area (Å²) in [5.74, 6) is 0.728. The van der Waals surface area contributed by atoms with E-state index in [1.807, 2.05) is 29.2 Å². The number of piperazine rings is 1. The molecule has 8 nitrogen and oxygen atoms in total. The number of alkyl halides is 3. The highest BCUT2D eigenvalue weighted by atomic mass is 19.4. The fourth-order valence-corrected chi connectivity index (χ4v) is 5.33. The molecule has 1 amide bonds. The maximum atomic E-state index is 13.2. The Balaban J connectivity index is 1.14. The summed E-state index contributed by atoms with van der Waals surface area (Å²) in [7, 11) is 0. The van der Waals surface area contributed by atoms with E-state index in [-0.39, 0.29) is 17.7 Å². The fraction of sp³-hybridized carbons (Fsp3) is 0.414. The number of nitrogen functional groups attached to an aromatic ring is 1. The van der Waals surface area contributed by atoms with Crippen molar-refractivity contribution in [1.29, 1.82) is 0 Å². The summed E-state index contributed by atoms with van der Waals surface area (Å²) >= 11 is 0. The van der Waals surface area contributed by atoms with Gasteiger partial charge in [0.1, 0.15) is 5.75 Å². The van der Waals surface area contributed by atoms with Gasteiger partial charge in [0.15, 0.2) is 5.69 Å². The van der Waals surface area contributed by atoms with Crippen molar-refractivity contribution in [3.8, 4) is 11.6 Å². The molecule has 5 rings (SSSR count). The van der Waals surface area contributed by atoms with Crippen molar-refractivity contribution in [2.75, 3.05) is 56.4 Å². The minimum Gasteiger partial charge on any atom is -0.438 e. The Hall–Kier alpha value is -3.86.